The van der Waals surface area contributed by atoms with E-state index in [9.17, 15) is 39.5 Å². The summed E-state index contributed by atoms with van der Waals surface area (Å²) in [5.41, 5.74) is -12.7. The summed E-state index contributed by atoms with van der Waals surface area (Å²) in [5.74, 6) is 0. The quantitative estimate of drug-likeness (QED) is 0.378. The predicted molar refractivity (Wildman–Crippen MR) is 92.3 cm³/mol. The number of rotatable bonds is 6. The molecule has 0 aromatic rings. The van der Waals surface area contributed by atoms with Crippen LogP contribution in [0.15, 0.2) is 66.0 Å². The molecule has 0 aliphatic carbocycles. The maximum absolute atomic E-state index is 13.8. The van der Waals surface area contributed by atoms with Gasteiger partial charge >= 0.3 is 77.2 Å². The minimum atomic E-state index is -5.51. The Labute approximate surface area is 234 Å². The van der Waals surface area contributed by atoms with Gasteiger partial charge < -0.3 is 15.4 Å². The molecule has 0 fully saturated rings. The molecule has 3 aliphatic rings. The third-order valence-corrected chi connectivity index (χ3v) is 4.33. The SMILES string of the molecule is CC1=CC(OB(OC2(C(F)(F)F)C=C(C)N=N2)OC2(C(F)(F)F)C=C(C)N=N2)(C(F)(F)F)N=N1.[H-].[K+]. The average Bonchev–Trinajstić information content (AvgIpc) is 3.33. The van der Waals surface area contributed by atoms with Crippen molar-refractivity contribution < 1.29 is 106 Å². The fraction of sp³-hybridized carbons (Fsp3) is 0.600. The van der Waals surface area contributed by atoms with Crippen LogP contribution in [0.25, 0.3) is 0 Å². The monoisotopic (exact) mass is 546 g/mol. The van der Waals surface area contributed by atoms with Crippen LogP contribution in [-0.4, -0.2) is 43.0 Å². The van der Waals surface area contributed by atoms with Crippen molar-refractivity contribution in [1.82, 2.24) is 0 Å². The number of halogens is 9. The molecule has 3 aliphatic heterocycles. The van der Waals surface area contributed by atoms with Crippen molar-refractivity contribution in [3.05, 3.63) is 35.3 Å². The third-order valence-electron chi connectivity index (χ3n) is 4.33. The van der Waals surface area contributed by atoms with E-state index in [0.717, 1.165) is 20.8 Å². The van der Waals surface area contributed by atoms with Crippen molar-refractivity contribution in [2.45, 2.75) is 56.5 Å². The first-order valence-corrected chi connectivity index (χ1v) is 8.94. The molecule has 0 spiro atoms. The molecular weight excluding hydrogens is 533 g/mol. The summed E-state index contributed by atoms with van der Waals surface area (Å²) in [5, 5.41) is 17.8. The van der Waals surface area contributed by atoms with Crippen LogP contribution >= 0.6 is 0 Å². The van der Waals surface area contributed by atoms with Crippen LogP contribution in [0.5, 0.6) is 0 Å². The molecule has 0 saturated carbocycles. The van der Waals surface area contributed by atoms with E-state index >= 15 is 0 Å². The van der Waals surface area contributed by atoms with Crippen LogP contribution < -0.4 is 51.4 Å². The predicted octanol–water partition coefficient (Wildman–Crippen LogP) is 3.02. The van der Waals surface area contributed by atoms with E-state index in [1.54, 1.807) is 0 Å². The molecule has 0 bridgehead atoms. The van der Waals surface area contributed by atoms with Gasteiger partial charge in [-0.05, 0) is 20.8 Å². The van der Waals surface area contributed by atoms with Gasteiger partial charge in [-0.2, -0.15) is 54.9 Å². The summed E-state index contributed by atoms with van der Waals surface area (Å²) in [4.78, 5) is 0. The summed E-state index contributed by atoms with van der Waals surface area (Å²) in [6, 6.07) is 0. The van der Waals surface area contributed by atoms with E-state index in [1.165, 1.54) is 0 Å². The van der Waals surface area contributed by atoms with Gasteiger partial charge in [-0.15, -0.1) is 15.3 Å². The second-order valence-corrected chi connectivity index (χ2v) is 7.18. The van der Waals surface area contributed by atoms with Gasteiger partial charge in [0, 0.05) is 18.2 Å². The number of alkyl halides is 9. The molecule has 3 rings (SSSR count). The van der Waals surface area contributed by atoms with E-state index < -0.39 is 60.1 Å². The Balaban J connectivity index is 0.00000324. The van der Waals surface area contributed by atoms with Gasteiger partial charge in [0.2, 0.25) is 0 Å². The first kappa shape index (κ1) is 30.2. The van der Waals surface area contributed by atoms with Gasteiger partial charge in [-0.3, -0.25) is 0 Å². The van der Waals surface area contributed by atoms with Gasteiger partial charge in [0.15, 0.2) is 0 Å². The van der Waals surface area contributed by atoms with E-state index in [0.29, 0.717) is 0 Å². The Hall–Kier alpha value is -1.03. The zero-order valence-electron chi connectivity index (χ0n) is 19.1. The summed E-state index contributed by atoms with van der Waals surface area (Å²) >= 11 is 0. The van der Waals surface area contributed by atoms with E-state index in [2.05, 4.69) is 44.6 Å². The van der Waals surface area contributed by atoms with Crippen molar-refractivity contribution in [1.29, 1.82) is 0 Å². The molecule has 3 unspecified atom stereocenters. The van der Waals surface area contributed by atoms with E-state index in [4.69, 9.17) is 0 Å². The normalized spacial score (nSPS) is 30.3. The number of hydrogen-bond donors (Lipinski definition) is 0. The minimum Gasteiger partial charge on any atom is -1.00 e. The van der Waals surface area contributed by atoms with Crippen LogP contribution in [0, 0.1) is 0 Å². The zero-order chi connectivity index (χ0) is 25.8. The van der Waals surface area contributed by atoms with Gasteiger partial charge in [0.1, 0.15) is 0 Å². The summed E-state index contributed by atoms with van der Waals surface area (Å²) in [6.07, 6.45) is -15.9. The Bertz CT molecular complexity index is 919. The number of azo groups is 3. The molecule has 20 heteroatoms. The van der Waals surface area contributed by atoms with Crippen molar-refractivity contribution in [3.63, 3.8) is 0 Å². The Morgan fingerprint density at radius 1 is 0.600 bits per heavy atom. The molecule has 0 aromatic heterocycles. The molecule has 188 valence electrons. The molecule has 3 heterocycles. The van der Waals surface area contributed by atoms with E-state index in [-0.39, 0.29) is 71.0 Å². The molecule has 3 atom stereocenters. The van der Waals surface area contributed by atoms with Crippen LogP contribution in [-0.2, 0) is 14.0 Å². The molecule has 0 N–H and O–H groups in total. The summed E-state index contributed by atoms with van der Waals surface area (Å²) < 4.78 is 137. The first-order chi connectivity index (χ1) is 15.3. The van der Waals surface area contributed by atoms with Crippen molar-refractivity contribution in [2.75, 3.05) is 0 Å². The fourth-order valence-electron chi connectivity index (χ4n) is 2.78. The summed E-state index contributed by atoms with van der Waals surface area (Å²) in [6.45, 7) is 3.08. The molecule has 35 heavy (non-hydrogen) atoms. The minimum absolute atomic E-state index is 0. The third kappa shape index (κ3) is 5.78. The number of nitrogens with zero attached hydrogens (tertiary/aromatic N) is 6. The van der Waals surface area contributed by atoms with Crippen molar-refractivity contribution in [2.24, 2.45) is 30.7 Å². The second-order valence-electron chi connectivity index (χ2n) is 7.18. The van der Waals surface area contributed by atoms with Gasteiger partial charge in [0.05, 0.1) is 17.1 Å². The number of allylic oxidation sites excluding steroid dienone is 3. The van der Waals surface area contributed by atoms with Crippen molar-refractivity contribution in [3.8, 4) is 0 Å². The van der Waals surface area contributed by atoms with E-state index in [1.807, 2.05) is 0 Å². The first-order valence-electron chi connectivity index (χ1n) is 8.94. The van der Waals surface area contributed by atoms with Crippen molar-refractivity contribution >= 4 is 7.32 Å². The van der Waals surface area contributed by atoms with Crippen LogP contribution in [0.4, 0.5) is 39.5 Å². The van der Waals surface area contributed by atoms with Crippen LogP contribution in [0.3, 0.4) is 0 Å². The fourth-order valence-corrected chi connectivity index (χ4v) is 2.78. The average molecular weight is 546 g/mol. The van der Waals surface area contributed by atoms with Crippen LogP contribution in [0.2, 0.25) is 0 Å². The molecule has 0 saturated heterocycles. The standard InChI is InChI=1S/C15H12BF9N6O3.K.H/c1-7-4-10(29-26-7,13(17,18)19)32-16(33-11(14(20,21)22)5-8(2)27-30-11)34-12(15(23,24)25)6-9(3)28-31-12;;/h4-6H,1-3H3;;/q;+1;-1. The second kappa shape index (κ2) is 9.69. The Kier molecular flexibility index (Phi) is 8.36. The maximum atomic E-state index is 13.8. The van der Waals surface area contributed by atoms with Gasteiger partial charge in [-0.25, -0.2) is 0 Å². The molecule has 0 aromatic carbocycles. The van der Waals surface area contributed by atoms with Crippen LogP contribution in [0.1, 0.15) is 22.2 Å². The largest absolute Gasteiger partial charge is 1.00 e. The number of hydrogen-bond acceptors (Lipinski definition) is 9. The summed E-state index contributed by atoms with van der Waals surface area (Å²) in [7, 11) is -3.38. The molecule has 0 radical (unpaired) electrons. The maximum Gasteiger partial charge on any atom is 1.00 e. The topological polar surface area (TPSA) is 102 Å². The molecule has 9 nitrogen and oxygen atoms in total. The Morgan fingerprint density at radius 2 is 0.829 bits per heavy atom. The van der Waals surface area contributed by atoms with Gasteiger partial charge in [-0.1, -0.05) is 0 Å². The Morgan fingerprint density at radius 3 is 0.971 bits per heavy atom. The van der Waals surface area contributed by atoms with Gasteiger partial charge in [0.25, 0.3) is 17.2 Å². The zero-order valence-corrected chi connectivity index (χ0v) is 21.2. The molecular formula is C15H13BF9KN6O3. The smallest absolute Gasteiger partial charge is 1.00 e. The molecule has 0 amide bonds.